The lowest BCUT2D eigenvalue weighted by molar-refractivity contribution is 0.0670. The summed E-state index contributed by atoms with van der Waals surface area (Å²) in [5.41, 5.74) is 0. The van der Waals surface area contributed by atoms with E-state index in [0.29, 0.717) is 6.54 Å². The van der Waals surface area contributed by atoms with E-state index >= 15 is 0 Å². The molecule has 0 aliphatic carbocycles. The number of hydrogen-bond acceptors (Lipinski definition) is 2. The summed E-state index contributed by atoms with van der Waals surface area (Å²) in [6.45, 7) is 1.44. The summed E-state index contributed by atoms with van der Waals surface area (Å²) >= 11 is 0. The number of hydrogen-bond donors (Lipinski definition) is 2. The molecule has 0 aliphatic rings. The van der Waals surface area contributed by atoms with Gasteiger partial charge in [0.2, 0.25) is 0 Å². The van der Waals surface area contributed by atoms with Gasteiger partial charge >= 0.3 is 12.6 Å². The van der Waals surface area contributed by atoms with Crippen LogP contribution in [0.25, 0.3) is 0 Å². The molecule has 0 saturated heterocycles. The zero-order valence-corrected chi connectivity index (χ0v) is 9.20. The van der Waals surface area contributed by atoms with Crippen molar-refractivity contribution >= 4 is 6.03 Å². The van der Waals surface area contributed by atoms with Crippen LogP contribution in [0.15, 0.2) is 25.0 Å². The molecule has 1 aromatic rings. The normalized spacial score (nSPS) is 10.3. The fourth-order valence-corrected chi connectivity index (χ4v) is 1.23. The van der Waals surface area contributed by atoms with Crippen LogP contribution in [-0.4, -0.2) is 28.7 Å². The minimum absolute atomic E-state index is 0.240. The lowest BCUT2D eigenvalue weighted by Gasteiger charge is -2.07. The molecule has 0 spiro atoms. The Kier molecular flexibility index (Phi) is 5.12. The van der Waals surface area contributed by atoms with Gasteiger partial charge in [0.25, 0.3) is 0 Å². The number of nitrogens with zero attached hydrogens (tertiary/aromatic N) is 2. The van der Waals surface area contributed by atoms with Gasteiger partial charge in [0.05, 0.1) is 0 Å². The molecule has 0 aromatic carbocycles. The van der Waals surface area contributed by atoms with Gasteiger partial charge in [-0.2, -0.15) is 8.78 Å². The SMILES string of the molecule is C=CCNC(=O)NCCc1nccn1C(F)F. The Morgan fingerprint density at radius 1 is 1.59 bits per heavy atom. The van der Waals surface area contributed by atoms with Crippen LogP contribution in [0.4, 0.5) is 13.6 Å². The van der Waals surface area contributed by atoms with Crippen molar-refractivity contribution in [1.29, 1.82) is 0 Å². The minimum Gasteiger partial charge on any atom is -0.338 e. The maximum absolute atomic E-state index is 12.4. The number of nitrogens with one attached hydrogen (secondary N) is 2. The first-order chi connectivity index (χ1) is 8.15. The summed E-state index contributed by atoms with van der Waals surface area (Å²) in [4.78, 5) is 14.9. The summed E-state index contributed by atoms with van der Waals surface area (Å²) < 4.78 is 25.6. The largest absolute Gasteiger partial charge is 0.338 e. The maximum atomic E-state index is 12.4. The number of carbonyl (C=O) groups excluding carboxylic acids is 1. The van der Waals surface area contributed by atoms with Crippen LogP contribution >= 0.6 is 0 Å². The van der Waals surface area contributed by atoms with E-state index < -0.39 is 6.55 Å². The number of aromatic nitrogens is 2. The highest BCUT2D eigenvalue weighted by atomic mass is 19.3. The summed E-state index contributed by atoms with van der Waals surface area (Å²) in [6.07, 6.45) is 4.30. The first kappa shape index (κ1) is 13.1. The molecule has 0 radical (unpaired) electrons. The quantitative estimate of drug-likeness (QED) is 0.741. The van der Waals surface area contributed by atoms with Crippen LogP contribution in [0.5, 0.6) is 0 Å². The van der Waals surface area contributed by atoms with Crippen molar-refractivity contribution in [3.05, 3.63) is 30.9 Å². The summed E-state index contributed by atoms with van der Waals surface area (Å²) in [5.74, 6) is 0.240. The van der Waals surface area contributed by atoms with Crippen molar-refractivity contribution in [3.63, 3.8) is 0 Å². The molecule has 7 heteroatoms. The first-order valence-corrected chi connectivity index (χ1v) is 5.07. The van der Waals surface area contributed by atoms with Gasteiger partial charge in [-0.3, -0.25) is 4.57 Å². The lowest BCUT2D eigenvalue weighted by Crippen LogP contribution is -2.36. The third kappa shape index (κ3) is 4.21. The summed E-state index contributed by atoms with van der Waals surface area (Å²) in [6, 6.07) is -0.361. The number of rotatable bonds is 6. The second kappa shape index (κ2) is 6.62. The number of urea groups is 1. The summed E-state index contributed by atoms with van der Waals surface area (Å²) in [7, 11) is 0. The molecular weight excluding hydrogens is 230 g/mol. The molecule has 0 saturated carbocycles. The van der Waals surface area contributed by atoms with Crippen LogP contribution < -0.4 is 10.6 Å². The van der Waals surface area contributed by atoms with Crippen molar-refractivity contribution in [2.24, 2.45) is 0 Å². The van der Waals surface area contributed by atoms with Gasteiger partial charge in [0.15, 0.2) is 0 Å². The minimum atomic E-state index is -2.61. The van der Waals surface area contributed by atoms with Gasteiger partial charge < -0.3 is 10.6 Å². The number of halogens is 2. The van der Waals surface area contributed by atoms with Gasteiger partial charge in [-0.25, -0.2) is 9.78 Å². The van der Waals surface area contributed by atoms with Crippen LogP contribution in [0.1, 0.15) is 12.4 Å². The van der Waals surface area contributed by atoms with Crippen LogP contribution in [0.2, 0.25) is 0 Å². The molecule has 0 aliphatic heterocycles. The average Bonchev–Trinajstić information content (AvgIpc) is 2.74. The van der Waals surface area contributed by atoms with Gasteiger partial charge in [-0.05, 0) is 0 Å². The molecule has 1 rings (SSSR count). The summed E-state index contributed by atoms with van der Waals surface area (Å²) in [5, 5.41) is 5.03. The molecule has 0 unspecified atom stereocenters. The van der Waals surface area contributed by atoms with E-state index in [1.165, 1.54) is 12.4 Å². The fraction of sp³-hybridized carbons (Fsp3) is 0.400. The van der Waals surface area contributed by atoms with E-state index in [1.807, 2.05) is 0 Å². The molecule has 1 aromatic heterocycles. The van der Waals surface area contributed by atoms with Crippen molar-refractivity contribution in [1.82, 2.24) is 20.2 Å². The fourth-order valence-electron chi connectivity index (χ4n) is 1.23. The Hall–Kier alpha value is -1.92. The Balaban J connectivity index is 2.33. The van der Waals surface area contributed by atoms with E-state index in [0.717, 1.165) is 4.57 Å². The zero-order chi connectivity index (χ0) is 12.7. The van der Waals surface area contributed by atoms with E-state index in [2.05, 4.69) is 22.2 Å². The Bertz CT molecular complexity index is 378. The van der Waals surface area contributed by atoms with Gasteiger partial charge in [-0.15, -0.1) is 6.58 Å². The van der Waals surface area contributed by atoms with Crippen molar-refractivity contribution in [2.45, 2.75) is 13.0 Å². The van der Waals surface area contributed by atoms with Gasteiger partial charge in [0.1, 0.15) is 5.82 Å². The lowest BCUT2D eigenvalue weighted by atomic mass is 10.4. The molecule has 0 fully saturated rings. The topological polar surface area (TPSA) is 59.0 Å². The van der Waals surface area contributed by atoms with E-state index in [9.17, 15) is 13.6 Å². The highest BCUT2D eigenvalue weighted by molar-refractivity contribution is 5.73. The maximum Gasteiger partial charge on any atom is 0.319 e. The number of imidazole rings is 1. The molecule has 94 valence electrons. The molecule has 5 nitrogen and oxygen atoms in total. The smallest absolute Gasteiger partial charge is 0.319 e. The number of carbonyl (C=O) groups is 1. The highest BCUT2D eigenvalue weighted by Gasteiger charge is 2.10. The standard InChI is InChI=1S/C10H14F2N4O/c1-2-4-14-10(17)15-5-3-8-13-6-7-16(8)9(11)12/h2,6-7,9H,1,3-5H2,(H2,14,15,17). The zero-order valence-electron chi connectivity index (χ0n) is 9.20. The van der Waals surface area contributed by atoms with E-state index in [-0.39, 0.29) is 24.8 Å². The molecule has 1 heterocycles. The predicted molar refractivity (Wildman–Crippen MR) is 58.8 cm³/mol. The van der Waals surface area contributed by atoms with Crippen LogP contribution in [0, 0.1) is 0 Å². The Labute approximate surface area is 97.5 Å². The Morgan fingerprint density at radius 2 is 2.35 bits per heavy atom. The third-order valence-corrected chi connectivity index (χ3v) is 2.00. The number of alkyl halides is 2. The second-order valence-corrected chi connectivity index (χ2v) is 3.20. The van der Waals surface area contributed by atoms with Crippen molar-refractivity contribution < 1.29 is 13.6 Å². The van der Waals surface area contributed by atoms with Crippen molar-refractivity contribution in [3.8, 4) is 0 Å². The molecule has 2 N–H and O–H groups in total. The predicted octanol–water partition coefficient (Wildman–Crippen LogP) is 1.31. The average molecular weight is 244 g/mol. The molecule has 2 amide bonds. The van der Waals surface area contributed by atoms with Crippen LogP contribution in [0.3, 0.4) is 0 Å². The Morgan fingerprint density at radius 3 is 3.00 bits per heavy atom. The van der Waals surface area contributed by atoms with Gasteiger partial charge in [-0.1, -0.05) is 6.08 Å². The molecular formula is C10H14F2N4O. The molecule has 0 bridgehead atoms. The van der Waals surface area contributed by atoms with E-state index in [4.69, 9.17) is 0 Å². The number of amides is 2. The highest BCUT2D eigenvalue weighted by Crippen LogP contribution is 2.12. The molecule has 0 atom stereocenters. The van der Waals surface area contributed by atoms with E-state index in [1.54, 1.807) is 6.08 Å². The van der Waals surface area contributed by atoms with Gasteiger partial charge in [0, 0.05) is 31.9 Å². The third-order valence-electron chi connectivity index (χ3n) is 2.00. The molecule has 17 heavy (non-hydrogen) atoms. The van der Waals surface area contributed by atoms with Crippen molar-refractivity contribution in [2.75, 3.05) is 13.1 Å². The first-order valence-electron chi connectivity index (χ1n) is 5.07. The monoisotopic (exact) mass is 244 g/mol. The second-order valence-electron chi connectivity index (χ2n) is 3.20. The van der Waals surface area contributed by atoms with Crippen LogP contribution in [-0.2, 0) is 6.42 Å².